The highest BCUT2D eigenvalue weighted by molar-refractivity contribution is 6.76. The van der Waals surface area contributed by atoms with Gasteiger partial charge in [-0.15, -0.1) is 0 Å². The number of carbonyl (C=O) groups excluding carboxylic acids is 1. The van der Waals surface area contributed by atoms with Crippen LogP contribution in [0.4, 0.5) is 0 Å². The molecule has 0 amide bonds. The molecule has 0 saturated carbocycles. The minimum atomic E-state index is -1.19. The Bertz CT molecular complexity index is 481. The second-order valence-electron chi connectivity index (χ2n) is 10.1. The van der Waals surface area contributed by atoms with Gasteiger partial charge in [-0.25, -0.2) is 4.79 Å². The molecular weight excluding hydrogens is 336 g/mol. The molecule has 2 saturated heterocycles. The van der Waals surface area contributed by atoms with E-state index in [-0.39, 0.29) is 17.6 Å². The SMILES string of the molecule is CC(C)(C)[C@H]1C[C@H](OCCCC[Si](C)(C)C)C2(C)C(OC(=O)[C@H]2O)O1. The van der Waals surface area contributed by atoms with E-state index in [1.165, 1.54) is 12.5 Å². The lowest BCUT2D eigenvalue weighted by Gasteiger charge is -2.47. The van der Waals surface area contributed by atoms with Crippen LogP contribution in [-0.2, 0) is 19.0 Å². The molecule has 2 fully saturated rings. The topological polar surface area (TPSA) is 65.0 Å². The van der Waals surface area contributed by atoms with Crippen LogP contribution in [0, 0.1) is 10.8 Å². The Morgan fingerprint density at radius 1 is 1.28 bits per heavy atom. The van der Waals surface area contributed by atoms with Crippen molar-refractivity contribution in [2.75, 3.05) is 6.61 Å². The fourth-order valence-corrected chi connectivity index (χ4v) is 4.93. The van der Waals surface area contributed by atoms with Crippen molar-refractivity contribution in [2.45, 2.75) is 97.2 Å². The number of unbranched alkanes of at least 4 members (excludes halogenated alkanes) is 1. The van der Waals surface area contributed by atoms with E-state index in [0.29, 0.717) is 13.0 Å². The van der Waals surface area contributed by atoms with Gasteiger partial charge < -0.3 is 19.3 Å². The first kappa shape index (κ1) is 20.9. The molecule has 2 rings (SSSR count). The van der Waals surface area contributed by atoms with E-state index in [9.17, 15) is 9.90 Å². The largest absolute Gasteiger partial charge is 0.433 e. The number of hydrogen-bond acceptors (Lipinski definition) is 5. The number of rotatable bonds is 6. The van der Waals surface area contributed by atoms with Gasteiger partial charge in [-0.05, 0) is 18.8 Å². The molecule has 1 N–H and O–H groups in total. The van der Waals surface area contributed by atoms with E-state index >= 15 is 0 Å². The molecule has 5 atom stereocenters. The van der Waals surface area contributed by atoms with E-state index < -0.39 is 31.9 Å². The quantitative estimate of drug-likeness (QED) is 0.439. The highest BCUT2D eigenvalue weighted by atomic mass is 28.3. The molecular formula is C19H36O5Si. The van der Waals surface area contributed by atoms with Gasteiger partial charge in [-0.3, -0.25) is 0 Å². The monoisotopic (exact) mass is 372 g/mol. The lowest BCUT2D eigenvalue weighted by molar-refractivity contribution is -0.275. The van der Waals surface area contributed by atoms with E-state index in [0.717, 1.165) is 6.42 Å². The summed E-state index contributed by atoms with van der Waals surface area (Å²) in [5, 5.41) is 10.4. The van der Waals surface area contributed by atoms with E-state index in [1.807, 2.05) is 6.92 Å². The number of esters is 1. The van der Waals surface area contributed by atoms with Crippen LogP contribution in [0.5, 0.6) is 0 Å². The normalized spacial score (nSPS) is 36.2. The summed E-state index contributed by atoms with van der Waals surface area (Å²) < 4.78 is 17.6. The first-order valence-electron chi connectivity index (χ1n) is 9.51. The van der Waals surface area contributed by atoms with Gasteiger partial charge in [0, 0.05) is 21.1 Å². The summed E-state index contributed by atoms with van der Waals surface area (Å²) in [5.74, 6) is -0.602. The number of aliphatic hydroxyl groups is 1. The Balaban J connectivity index is 2.02. The Kier molecular flexibility index (Phi) is 6.09. The molecule has 5 nitrogen and oxygen atoms in total. The molecule has 2 unspecified atom stereocenters. The van der Waals surface area contributed by atoms with Crippen LogP contribution in [0.1, 0.15) is 47.0 Å². The Hall–Kier alpha value is -0.433. The summed E-state index contributed by atoms with van der Waals surface area (Å²) in [7, 11) is -1.02. The third-order valence-corrected chi connectivity index (χ3v) is 7.41. The molecule has 0 aliphatic carbocycles. The Morgan fingerprint density at radius 3 is 2.48 bits per heavy atom. The van der Waals surface area contributed by atoms with E-state index in [2.05, 4.69) is 40.4 Å². The zero-order valence-corrected chi connectivity index (χ0v) is 17.9. The number of fused-ring (bicyclic) bond motifs is 1. The molecule has 2 heterocycles. The first-order valence-corrected chi connectivity index (χ1v) is 13.2. The molecule has 146 valence electrons. The van der Waals surface area contributed by atoms with Gasteiger partial charge in [-0.1, -0.05) is 52.9 Å². The molecule has 0 radical (unpaired) electrons. The van der Waals surface area contributed by atoms with Gasteiger partial charge >= 0.3 is 5.97 Å². The third kappa shape index (κ3) is 4.65. The van der Waals surface area contributed by atoms with Gasteiger partial charge in [-0.2, -0.15) is 0 Å². The maximum atomic E-state index is 11.9. The second kappa shape index (κ2) is 7.29. The predicted octanol–water partition coefficient (Wildman–Crippen LogP) is 3.58. The van der Waals surface area contributed by atoms with Crippen LogP contribution >= 0.6 is 0 Å². The molecule has 2 aliphatic heterocycles. The van der Waals surface area contributed by atoms with Crippen molar-refractivity contribution in [1.82, 2.24) is 0 Å². The zero-order valence-electron chi connectivity index (χ0n) is 16.9. The molecule has 2 aliphatic rings. The lowest BCUT2D eigenvalue weighted by atomic mass is 9.72. The Labute approximate surface area is 153 Å². The van der Waals surface area contributed by atoms with Crippen LogP contribution < -0.4 is 0 Å². The van der Waals surface area contributed by atoms with Crippen molar-refractivity contribution in [3.05, 3.63) is 0 Å². The fourth-order valence-electron chi connectivity index (χ4n) is 3.62. The number of hydrogen-bond donors (Lipinski definition) is 1. The molecule has 0 aromatic carbocycles. The van der Waals surface area contributed by atoms with Crippen LogP contribution in [0.2, 0.25) is 25.7 Å². The predicted molar refractivity (Wildman–Crippen MR) is 100 cm³/mol. The van der Waals surface area contributed by atoms with Crippen LogP contribution in [0.15, 0.2) is 0 Å². The van der Waals surface area contributed by atoms with Gasteiger partial charge in [0.25, 0.3) is 0 Å². The molecule has 25 heavy (non-hydrogen) atoms. The summed E-state index contributed by atoms with van der Waals surface area (Å²) in [5.41, 5.74) is -0.918. The van der Waals surface area contributed by atoms with Crippen LogP contribution in [0.3, 0.4) is 0 Å². The van der Waals surface area contributed by atoms with E-state index in [4.69, 9.17) is 14.2 Å². The molecule has 0 spiro atoms. The minimum Gasteiger partial charge on any atom is -0.433 e. The summed E-state index contributed by atoms with van der Waals surface area (Å²) in [6.45, 7) is 16.0. The third-order valence-electron chi connectivity index (χ3n) is 5.56. The van der Waals surface area contributed by atoms with Crippen molar-refractivity contribution in [2.24, 2.45) is 10.8 Å². The van der Waals surface area contributed by atoms with Crippen molar-refractivity contribution < 1.29 is 24.1 Å². The van der Waals surface area contributed by atoms with Gasteiger partial charge in [0.1, 0.15) is 0 Å². The summed E-state index contributed by atoms with van der Waals surface area (Å²) in [6, 6.07) is 1.29. The standard InChI is InChI=1S/C19H36O5Si/c1-18(2,3)13-12-14(22-10-8-9-11-25(5,6)7)19(4)15(20)16(21)24-17(19)23-13/h13-15,17,20H,8-12H2,1-7H3/t13-,14+,15-,17?,19?/m1/s1. The maximum Gasteiger partial charge on any atom is 0.338 e. The molecule has 0 aromatic heterocycles. The van der Waals surface area contributed by atoms with Crippen molar-refractivity contribution in [3.8, 4) is 0 Å². The molecule has 0 aromatic rings. The summed E-state index contributed by atoms with van der Waals surface area (Å²) >= 11 is 0. The first-order chi connectivity index (χ1) is 11.4. The smallest absolute Gasteiger partial charge is 0.338 e. The summed E-state index contributed by atoms with van der Waals surface area (Å²) in [4.78, 5) is 11.9. The second-order valence-corrected chi connectivity index (χ2v) is 15.8. The van der Waals surface area contributed by atoms with Gasteiger partial charge in [0.15, 0.2) is 6.10 Å². The molecule has 0 bridgehead atoms. The van der Waals surface area contributed by atoms with Crippen molar-refractivity contribution in [3.63, 3.8) is 0 Å². The fraction of sp³-hybridized carbons (Fsp3) is 0.947. The maximum absolute atomic E-state index is 11.9. The zero-order chi connectivity index (χ0) is 19.0. The number of carbonyl (C=O) groups is 1. The lowest BCUT2D eigenvalue weighted by Crippen LogP contribution is -2.57. The van der Waals surface area contributed by atoms with Crippen LogP contribution in [0.25, 0.3) is 0 Å². The van der Waals surface area contributed by atoms with Crippen molar-refractivity contribution in [1.29, 1.82) is 0 Å². The number of aliphatic hydroxyl groups excluding tert-OH is 1. The van der Waals surface area contributed by atoms with Gasteiger partial charge in [0.2, 0.25) is 6.29 Å². The molecule has 6 heteroatoms. The van der Waals surface area contributed by atoms with E-state index in [1.54, 1.807) is 0 Å². The Morgan fingerprint density at radius 2 is 1.92 bits per heavy atom. The average Bonchev–Trinajstić information content (AvgIpc) is 2.68. The van der Waals surface area contributed by atoms with Crippen LogP contribution in [-0.4, -0.2) is 50.4 Å². The highest BCUT2D eigenvalue weighted by Gasteiger charge is 2.63. The summed E-state index contributed by atoms with van der Waals surface area (Å²) in [6.07, 6.45) is 0.593. The van der Waals surface area contributed by atoms with Crippen molar-refractivity contribution >= 4 is 14.0 Å². The minimum absolute atomic E-state index is 0.0735. The average molecular weight is 373 g/mol. The van der Waals surface area contributed by atoms with Gasteiger partial charge in [0.05, 0.1) is 17.6 Å². The highest BCUT2D eigenvalue weighted by Crippen LogP contribution is 2.49. The number of ether oxygens (including phenoxy) is 3.